The zero-order valence-corrected chi connectivity index (χ0v) is 17.8. The predicted octanol–water partition coefficient (Wildman–Crippen LogP) is 8.30. The Balaban J connectivity index is 1.89. The number of fused-ring (bicyclic) bond motifs is 1. The quantitative estimate of drug-likeness (QED) is 0.349. The van der Waals surface area contributed by atoms with Gasteiger partial charge in [0.1, 0.15) is 11.5 Å². The normalized spacial score (nSPS) is 11.9. The van der Waals surface area contributed by atoms with Gasteiger partial charge in [-0.05, 0) is 41.8 Å². The summed E-state index contributed by atoms with van der Waals surface area (Å²) in [6.45, 7) is 5.14. The summed E-state index contributed by atoms with van der Waals surface area (Å²) in [5, 5.41) is 10.7. The Morgan fingerprint density at radius 1 is 0.967 bits per heavy atom. The molecule has 0 amide bonds. The molecule has 0 aliphatic carbocycles. The summed E-state index contributed by atoms with van der Waals surface area (Å²) >= 11 is 1.33. The standard InChI is InChI=1S/C25H22F2O2S/c1-15(2)16-8-11-18(12-9-16)29-23-20-13-10-17(28)14-22(20)30-24(23)19-6-4-5-7-21(19)25(3,26)27/h4-15,28H,1-3H3. The van der Waals surface area contributed by atoms with E-state index >= 15 is 0 Å². The number of alkyl halides is 2. The highest BCUT2D eigenvalue weighted by Gasteiger charge is 2.30. The van der Waals surface area contributed by atoms with E-state index in [2.05, 4.69) is 13.8 Å². The number of benzene rings is 3. The number of hydrogen-bond donors (Lipinski definition) is 1. The van der Waals surface area contributed by atoms with Crippen molar-refractivity contribution in [3.63, 3.8) is 0 Å². The summed E-state index contributed by atoms with van der Waals surface area (Å²) in [5.41, 5.74) is 1.57. The van der Waals surface area contributed by atoms with E-state index < -0.39 is 5.92 Å². The molecule has 0 aliphatic heterocycles. The van der Waals surface area contributed by atoms with Gasteiger partial charge < -0.3 is 9.84 Å². The highest BCUT2D eigenvalue weighted by molar-refractivity contribution is 7.22. The Hall–Kier alpha value is -2.92. The molecule has 0 spiro atoms. The SMILES string of the molecule is CC(C)c1ccc(Oc2c(-c3ccccc3C(C)(F)F)sc3cc(O)ccc23)cc1. The minimum Gasteiger partial charge on any atom is -0.508 e. The van der Waals surface area contributed by atoms with Crippen molar-refractivity contribution in [1.82, 2.24) is 0 Å². The van der Waals surface area contributed by atoms with E-state index in [1.807, 2.05) is 24.3 Å². The maximum absolute atomic E-state index is 14.3. The fraction of sp³-hybridized carbons (Fsp3) is 0.200. The summed E-state index contributed by atoms with van der Waals surface area (Å²) in [5.74, 6) is -1.32. The van der Waals surface area contributed by atoms with Gasteiger partial charge in [-0.3, -0.25) is 0 Å². The molecule has 0 unspecified atom stereocenters. The number of thiophene rings is 1. The minimum absolute atomic E-state index is 0.0548. The lowest BCUT2D eigenvalue weighted by Crippen LogP contribution is -2.08. The number of phenols is 1. The predicted molar refractivity (Wildman–Crippen MR) is 119 cm³/mol. The van der Waals surface area contributed by atoms with Gasteiger partial charge in [0.15, 0.2) is 5.75 Å². The van der Waals surface area contributed by atoms with Crippen LogP contribution in [-0.2, 0) is 5.92 Å². The molecule has 154 valence electrons. The van der Waals surface area contributed by atoms with Crippen LogP contribution in [-0.4, -0.2) is 5.11 Å². The number of rotatable bonds is 5. The number of aromatic hydroxyl groups is 1. The van der Waals surface area contributed by atoms with E-state index in [9.17, 15) is 13.9 Å². The summed E-state index contributed by atoms with van der Waals surface area (Å²) in [7, 11) is 0. The molecule has 0 saturated carbocycles. The van der Waals surface area contributed by atoms with Crippen LogP contribution in [0.4, 0.5) is 8.78 Å². The van der Waals surface area contributed by atoms with Gasteiger partial charge >= 0.3 is 0 Å². The average molecular weight is 425 g/mol. The second-order valence-electron chi connectivity index (χ2n) is 7.70. The van der Waals surface area contributed by atoms with Crippen LogP contribution in [0, 0.1) is 0 Å². The van der Waals surface area contributed by atoms with Gasteiger partial charge in [0.2, 0.25) is 0 Å². The highest BCUT2D eigenvalue weighted by Crippen LogP contribution is 2.49. The van der Waals surface area contributed by atoms with Crippen molar-refractivity contribution < 1.29 is 18.6 Å². The Labute approximate surface area is 178 Å². The zero-order chi connectivity index (χ0) is 21.5. The molecule has 0 bridgehead atoms. The fourth-order valence-electron chi connectivity index (χ4n) is 3.44. The van der Waals surface area contributed by atoms with Crippen LogP contribution in [0.5, 0.6) is 17.2 Å². The first-order valence-electron chi connectivity index (χ1n) is 9.75. The van der Waals surface area contributed by atoms with Crippen molar-refractivity contribution in [1.29, 1.82) is 0 Å². The topological polar surface area (TPSA) is 29.5 Å². The number of ether oxygens (including phenoxy) is 1. The summed E-state index contributed by atoms with van der Waals surface area (Å²) in [6, 6.07) is 19.3. The number of hydrogen-bond acceptors (Lipinski definition) is 3. The molecule has 0 saturated heterocycles. The van der Waals surface area contributed by atoms with Crippen molar-refractivity contribution in [2.24, 2.45) is 0 Å². The molecule has 0 aliphatic rings. The summed E-state index contributed by atoms with van der Waals surface area (Å²) < 4.78 is 35.7. The number of phenolic OH excluding ortho intramolecular Hbond substituents is 1. The average Bonchev–Trinajstić information content (AvgIpc) is 3.05. The molecule has 4 aromatic rings. The molecule has 0 fully saturated rings. The van der Waals surface area contributed by atoms with Gasteiger partial charge in [-0.1, -0.05) is 50.2 Å². The van der Waals surface area contributed by atoms with Crippen LogP contribution >= 0.6 is 11.3 Å². The lowest BCUT2D eigenvalue weighted by Gasteiger charge is -2.16. The lowest BCUT2D eigenvalue weighted by atomic mass is 10.0. The third-order valence-electron chi connectivity index (χ3n) is 5.04. The van der Waals surface area contributed by atoms with Crippen LogP contribution in [0.3, 0.4) is 0 Å². The summed E-state index contributed by atoms with van der Waals surface area (Å²) in [4.78, 5) is 0.612. The Kier molecular flexibility index (Phi) is 5.24. The van der Waals surface area contributed by atoms with Crippen LogP contribution in [0.1, 0.15) is 37.8 Å². The first-order valence-corrected chi connectivity index (χ1v) is 10.6. The third kappa shape index (κ3) is 3.90. The third-order valence-corrected chi connectivity index (χ3v) is 6.21. The summed E-state index contributed by atoms with van der Waals surface area (Å²) in [6.07, 6.45) is 0. The van der Waals surface area contributed by atoms with E-state index in [1.165, 1.54) is 23.0 Å². The molecule has 2 nitrogen and oxygen atoms in total. The number of halogens is 2. The molecule has 30 heavy (non-hydrogen) atoms. The van der Waals surface area contributed by atoms with Crippen molar-refractivity contribution >= 4 is 21.4 Å². The molecule has 1 N–H and O–H groups in total. The zero-order valence-electron chi connectivity index (χ0n) is 16.9. The fourth-order valence-corrected chi connectivity index (χ4v) is 4.65. The van der Waals surface area contributed by atoms with Crippen molar-refractivity contribution in [2.45, 2.75) is 32.6 Å². The van der Waals surface area contributed by atoms with E-state index in [1.54, 1.807) is 36.4 Å². The van der Waals surface area contributed by atoms with Crippen LogP contribution in [0.15, 0.2) is 66.7 Å². The second-order valence-corrected chi connectivity index (χ2v) is 8.75. The van der Waals surface area contributed by atoms with E-state index in [-0.39, 0.29) is 11.3 Å². The molecule has 0 radical (unpaired) electrons. The van der Waals surface area contributed by atoms with Gasteiger partial charge in [-0.15, -0.1) is 11.3 Å². The molecular formula is C25H22F2O2S. The van der Waals surface area contributed by atoms with Gasteiger partial charge in [0.25, 0.3) is 5.92 Å². The van der Waals surface area contributed by atoms with Gasteiger partial charge in [0, 0.05) is 28.1 Å². The first kappa shape index (κ1) is 20.4. The van der Waals surface area contributed by atoms with E-state index in [4.69, 9.17) is 4.74 Å². The smallest absolute Gasteiger partial charge is 0.271 e. The van der Waals surface area contributed by atoms with Crippen LogP contribution < -0.4 is 4.74 Å². The largest absolute Gasteiger partial charge is 0.508 e. The van der Waals surface area contributed by atoms with E-state index in [0.29, 0.717) is 27.9 Å². The van der Waals surface area contributed by atoms with Gasteiger partial charge in [-0.25, -0.2) is 8.78 Å². The van der Waals surface area contributed by atoms with Crippen LogP contribution in [0.25, 0.3) is 20.5 Å². The van der Waals surface area contributed by atoms with E-state index in [0.717, 1.165) is 17.0 Å². The molecule has 3 aromatic carbocycles. The van der Waals surface area contributed by atoms with Crippen molar-refractivity contribution in [2.75, 3.05) is 0 Å². The molecule has 5 heteroatoms. The van der Waals surface area contributed by atoms with Gasteiger partial charge in [-0.2, -0.15) is 0 Å². The van der Waals surface area contributed by atoms with Crippen molar-refractivity contribution in [3.8, 4) is 27.7 Å². The van der Waals surface area contributed by atoms with Crippen LogP contribution in [0.2, 0.25) is 0 Å². The Bertz CT molecular complexity index is 1190. The molecular weight excluding hydrogens is 402 g/mol. The monoisotopic (exact) mass is 424 g/mol. The molecule has 4 rings (SSSR count). The van der Waals surface area contributed by atoms with Crippen molar-refractivity contribution in [3.05, 3.63) is 77.9 Å². The Morgan fingerprint density at radius 2 is 1.67 bits per heavy atom. The van der Waals surface area contributed by atoms with Gasteiger partial charge in [0.05, 0.1) is 4.88 Å². The molecule has 1 heterocycles. The first-order chi connectivity index (χ1) is 14.2. The minimum atomic E-state index is -2.99. The molecule has 1 aromatic heterocycles. The Morgan fingerprint density at radius 3 is 2.33 bits per heavy atom. The maximum Gasteiger partial charge on any atom is 0.271 e. The second kappa shape index (κ2) is 7.73. The lowest BCUT2D eigenvalue weighted by molar-refractivity contribution is 0.0181. The molecule has 0 atom stereocenters. The maximum atomic E-state index is 14.3. The highest BCUT2D eigenvalue weighted by atomic mass is 32.1.